The van der Waals surface area contributed by atoms with Crippen LogP contribution in [0.2, 0.25) is 0 Å². The summed E-state index contributed by atoms with van der Waals surface area (Å²) in [6.07, 6.45) is 23.2. The summed E-state index contributed by atoms with van der Waals surface area (Å²) in [6.45, 7) is 38.0. The summed E-state index contributed by atoms with van der Waals surface area (Å²) in [5.74, 6) is 3.62. The first-order valence-corrected chi connectivity index (χ1v) is 33.0. The Morgan fingerprint density at radius 3 is 1.44 bits per heavy atom. The number of fused-ring (bicyclic) bond motifs is 7. The minimum absolute atomic E-state index is 0.201. The van der Waals surface area contributed by atoms with E-state index in [4.69, 9.17) is 4.99 Å². The first-order valence-electron chi connectivity index (χ1n) is 33.0. The molecule has 8 bridgehead atoms. The molecule has 4 atom stereocenters. The second-order valence-corrected chi connectivity index (χ2v) is 24.4. The number of hydrogen-bond acceptors (Lipinski definition) is 9. The molecule has 0 saturated heterocycles. The molecule has 2 fully saturated rings. The van der Waals surface area contributed by atoms with Gasteiger partial charge in [-0.1, -0.05) is 27.7 Å². The van der Waals surface area contributed by atoms with Crippen molar-refractivity contribution >= 4 is 35.8 Å². The summed E-state index contributed by atoms with van der Waals surface area (Å²) in [6, 6.07) is 0. The molecule has 9 N–H and O–H groups in total. The lowest BCUT2D eigenvalue weighted by atomic mass is 9.98. The highest BCUT2D eigenvalue weighted by Gasteiger charge is 2.36. The Kier molecular flexibility index (Phi) is 26.8. The third-order valence-electron chi connectivity index (χ3n) is 18.7. The summed E-state index contributed by atoms with van der Waals surface area (Å²) in [4.78, 5) is 49.5. The van der Waals surface area contributed by atoms with Crippen molar-refractivity contribution in [3.05, 3.63) is 83.7 Å². The van der Waals surface area contributed by atoms with E-state index in [1.807, 2.05) is 0 Å². The number of rotatable bonds is 40. The first-order chi connectivity index (χ1) is 39.9. The maximum Gasteiger partial charge on any atom is 0.222 e. The van der Waals surface area contributed by atoms with Crippen LogP contribution in [-0.2, 0) is 35.3 Å². The number of nitrogens with zero attached hydrogens (tertiary/aromatic N) is 3. The topological polar surface area (TPSA) is 173 Å². The molecule has 456 valence electrons. The smallest absolute Gasteiger partial charge is 0.222 e. The summed E-state index contributed by atoms with van der Waals surface area (Å²) in [5.41, 5.74) is 16.2. The van der Waals surface area contributed by atoms with Crippen LogP contribution in [0.4, 0.5) is 0 Å². The van der Waals surface area contributed by atoms with Gasteiger partial charge in [0.2, 0.25) is 11.8 Å². The van der Waals surface area contributed by atoms with E-state index in [0.717, 1.165) is 211 Å². The van der Waals surface area contributed by atoms with E-state index < -0.39 is 0 Å². The Morgan fingerprint density at radius 1 is 0.512 bits per heavy atom. The van der Waals surface area contributed by atoms with E-state index in [2.05, 4.69) is 144 Å². The minimum atomic E-state index is 0.201. The Morgan fingerprint density at radius 2 is 0.963 bits per heavy atom. The van der Waals surface area contributed by atoms with Crippen molar-refractivity contribution in [2.75, 3.05) is 105 Å². The van der Waals surface area contributed by atoms with Crippen LogP contribution in [0, 0.1) is 44.4 Å². The van der Waals surface area contributed by atoms with Gasteiger partial charge in [0, 0.05) is 78.9 Å². The number of aromatic nitrogens is 3. The number of aromatic amines is 3. The van der Waals surface area contributed by atoms with Crippen LogP contribution in [0.1, 0.15) is 188 Å². The molecule has 4 unspecified atom stereocenters. The Balaban J connectivity index is 0.993. The predicted molar refractivity (Wildman–Crippen MR) is 344 cm³/mol. The molecule has 14 heteroatoms. The highest BCUT2D eigenvalue weighted by molar-refractivity contribution is 6.23. The molecular weight excluding hydrogens is 1020 g/mol. The fraction of sp³-hybridized carbons (Fsp3) is 0.691. The molecule has 2 aliphatic carbocycles. The van der Waals surface area contributed by atoms with Gasteiger partial charge in [0.15, 0.2) is 0 Å². The molecule has 0 spiro atoms. The lowest BCUT2D eigenvalue weighted by molar-refractivity contribution is -0.131. The predicted octanol–water partition coefficient (Wildman–Crippen LogP) is 8.43. The standard InChI is InChI=1S/C68H112N12O2/c1-11-55-47(7)59-39-60-49(9)57(25-27-67(81)79(15-5)35-23-21-33-73-45-53-37-51(53)43-71-31-19-17-29-69-13-3)65(77-60)42-66-58(50(10)62(78-66)41-64-56(12-2)48(8)61(76-64)40-63(55)75-59)26-28-68(82)80(16-6)36-24-22-34-74-46-54-38-52(54)44-72-32-20-18-30-70-14-4/h40-42,51-54,69-77H,11-39,43-46H2,1-10H3. The normalized spacial score (nSPS) is 18.2. The molecule has 2 aliphatic heterocycles. The molecule has 3 aromatic heterocycles. The number of H-pyrrole nitrogens is 3. The molecule has 2 saturated carbocycles. The van der Waals surface area contributed by atoms with Gasteiger partial charge in [0.1, 0.15) is 0 Å². The molecule has 14 nitrogen and oxygen atoms in total. The van der Waals surface area contributed by atoms with Gasteiger partial charge >= 0.3 is 0 Å². The van der Waals surface area contributed by atoms with E-state index in [-0.39, 0.29) is 11.8 Å². The molecule has 3 aromatic rings. The fourth-order valence-electron chi connectivity index (χ4n) is 12.9. The zero-order chi connectivity index (χ0) is 58.4. The second kappa shape index (κ2) is 33.8. The van der Waals surface area contributed by atoms with Gasteiger partial charge in [-0.15, -0.1) is 0 Å². The Labute approximate surface area is 495 Å². The number of amides is 2. The molecule has 5 heterocycles. The SMILES string of the molecule is CCNCCCCNCC1CC1CNCCCCN(CC)C(=O)CCC1=C(C)C2=NC1=Cc1[nH]c(c(C)c1CCC(=O)N(CC)CCCCNCC1CC1CNCCCCNCC)Cc1[nH]c(c(CC)c1C)C=c1[nH]c(c(CC)c1C)=C2. The van der Waals surface area contributed by atoms with Crippen LogP contribution >= 0.6 is 0 Å². The summed E-state index contributed by atoms with van der Waals surface area (Å²) in [5, 5.41) is 23.8. The third kappa shape index (κ3) is 18.7. The highest BCUT2D eigenvalue weighted by Crippen LogP contribution is 2.38. The maximum absolute atomic E-state index is 14.2. The molecule has 2 amide bonds. The molecule has 0 radical (unpaired) electrons. The zero-order valence-electron chi connectivity index (χ0n) is 53.0. The van der Waals surface area contributed by atoms with Gasteiger partial charge in [0.25, 0.3) is 0 Å². The van der Waals surface area contributed by atoms with Crippen molar-refractivity contribution in [2.45, 2.75) is 178 Å². The first kappa shape index (κ1) is 65.0. The van der Waals surface area contributed by atoms with Crippen LogP contribution in [0.25, 0.3) is 18.2 Å². The second-order valence-electron chi connectivity index (χ2n) is 24.4. The number of hydrogen-bond donors (Lipinski definition) is 9. The van der Waals surface area contributed by atoms with Gasteiger partial charge in [-0.25, -0.2) is 4.99 Å². The quantitative estimate of drug-likeness (QED) is 0.0256. The number of carbonyl (C=O) groups is 2. The van der Waals surface area contributed by atoms with Gasteiger partial charge in [-0.3, -0.25) is 9.59 Å². The van der Waals surface area contributed by atoms with Crippen molar-refractivity contribution in [2.24, 2.45) is 28.7 Å². The lowest BCUT2D eigenvalue weighted by Gasteiger charge is -2.21. The van der Waals surface area contributed by atoms with Crippen LogP contribution in [0.3, 0.4) is 0 Å². The van der Waals surface area contributed by atoms with E-state index >= 15 is 0 Å². The van der Waals surface area contributed by atoms with Crippen LogP contribution in [-0.4, -0.2) is 147 Å². The maximum atomic E-state index is 14.2. The molecule has 7 rings (SSSR count). The number of nitrogens with one attached hydrogen (secondary N) is 9. The average Bonchev–Trinajstić information content (AvgIpc) is 4.49. The zero-order valence-corrected chi connectivity index (χ0v) is 53.0. The molecular formula is C68H112N12O2. The van der Waals surface area contributed by atoms with E-state index in [9.17, 15) is 9.59 Å². The molecule has 4 aliphatic rings. The summed E-state index contributed by atoms with van der Waals surface area (Å²) in [7, 11) is 0. The molecule has 0 aromatic carbocycles. The van der Waals surface area contributed by atoms with Crippen LogP contribution in [0.5, 0.6) is 0 Å². The van der Waals surface area contributed by atoms with Gasteiger partial charge < -0.3 is 56.7 Å². The minimum Gasteiger partial charge on any atom is -0.358 e. The monoisotopic (exact) mass is 1130 g/mol. The van der Waals surface area contributed by atoms with E-state index in [1.54, 1.807) is 0 Å². The van der Waals surface area contributed by atoms with Crippen LogP contribution in [0.15, 0.2) is 21.8 Å². The summed E-state index contributed by atoms with van der Waals surface area (Å²) < 4.78 is 0. The fourth-order valence-corrected chi connectivity index (χ4v) is 12.9. The lowest BCUT2D eigenvalue weighted by Crippen LogP contribution is -2.32. The Hall–Kier alpha value is -4.57. The average molecular weight is 1130 g/mol. The van der Waals surface area contributed by atoms with Gasteiger partial charge in [-0.05, 0) is 296 Å². The van der Waals surface area contributed by atoms with Crippen molar-refractivity contribution in [3.63, 3.8) is 0 Å². The van der Waals surface area contributed by atoms with Crippen molar-refractivity contribution in [1.29, 1.82) is 0 Å². The molecule has 82 heavy (non-hydrogen) atoms. The number of allylic oxidation sites excluding steroid dienone is 2. The highest BCUT2D eigenvalue weighted by atomic mass is 16.2. The van der Waals surface area contributed by atoms with Gasteiger partial charge in [0.05, 0.1) is 11.4 Å². The van der Waals surface area contributed by atoms with E-state index in [1.165, 1.54) is 77.6 Å². The summed E-state index contributed by atoms with van der Waals surface area (Å²) >= 11 is 0. The van der Waals surface area contributed by atoms with Gasteiger partial charge in [-0.2, -0.15) is 0 Å². The number of aliphatic imine (C=N–C) groups is 1. The van der Waals surface area contributed by atoms with Crippen molar-refractivity contribution in [3.8, 4) is 0 Å². The third-order valence-corrected chi connectivity index (χ3v) is 18.7. The Bertz CT molecular complexity index is 2720. The van der Waals surface area contributed by atoms with Crippen molar-refractivity contribution in [1.82, 2.24) is 56.7 Å². The van der Waals surface area contributed by atoms with Crippen LogP contribution < -0.4 is 42.6 Å². The number of unbranched alkanes of at least 4 members (excludes halogenated alkanes) is 4. The van der Waals surface area contributed by atoms with E-state index in [0.29, 0.717) is 38.8 Å². The largest absolute Gasteiger partial charge is 0.358 e. The number of carbonyl (C=O) groups excluding carboxylic acids is 2. The van der Waals surface area contributed by atoms with Crippen molar-refractivity contribution < 1.29 is 9.59 Å².